The quantitative estimate of drug-likeness (QED) is 0.620. The minimum atomic E-state index is 0.392. The lowest BCUT2D eigenvalue weighted by Gasteiger charge is -2.32. The fourth-order valence-electron chi connectivity index (χ4n) is 3.32. The van der Waals surface area contributed by atoms with Crippen molar-refractivity contribution in [2.45, 2.75) is 78.1 Å². The average Bonchev–Trinajstić information content (AvgIpc) is 2.52. The van der Waals surface area contributed by atoms with Crippen molar-refractivity contribution >= 4 is 5.91 Å². The van der Waals surface area contributed by atoms with Crippen LogP contribution in [0.2, 0.25) is 0 Å². The number of carbonyl (C=O) groups excluding carboxylic acids is 1. The van der Waals surface area contributed by atoms with Crippen molar-refractivity contribution in [3.63, 3.8) is 0 Å². The Balaban J connectivity index is 2.35. The first-order valence-corrected chi connectivity index (χ1v) is 9.19. The average molecular weight is 296 g/mol. The van der Waals surface area contributed by atoms with E-state index in [-0.39, 0.29) is 0 Å². The summed E-state index contributed by atoms with van der Waals surface area (Å²) >= 11 is 0. The van der Waals surface area contributed by atoms with Crippen LogP contribution < -0.4 is 5.73 Å². The van der Waals surface area contributed by atoms with E-state index in [9.17, 15) is 4.79 Å². The number of piperidine rings is 1. The van der Waals surface area contributed by atoms with Gasteiger partial charge in [0.05, 0.1) is 0 Å². The summed E-state index contributed by atoms with van der Waals surface area (Å²) in [5.74, 6) is 1.63. The molecule has 1 unspecified atom stereocenters. The summed E-state index contributed by atoms with van der Waals surface area (Å²) < 4.78 is 0. The van der Waals surface area contributed by atoms with E-state index in [0.717, 1.165) is 38.9 Å². The van der Waals surface area contributed by atoms with E-state index in [1.54, 1.807) is 0 Å². The number of amides is 1. The molecule has 0 aliphatic carbocycles. The molecule has 3 heteroatoms. The highest BCUT2D eigenvalue weighted by molar-refractivity contribution is 5.76. The Morgan fingerprint density at radius 2 is 1.71 bits per heavy atom. The number of nitrogens with two attached hydrogens (primary N) is 1. The predicted octanol–water partition coefficient (Wildman–Crippen LogP) is 3.96. The maximum absolute atomic E-state index is 12.5. The zero-order valence-corrected chi connectivity index (χ0v) is 14.3. The molecule has 0 saturated carbocycles. The Kier molecular flexibility index (Phi) is 9.73. The molecule has 1 aliphatic heterocycles. The maximum Gasteiger partial charge on any atom is 0.222 e. The van der Waals surface area contributed by atoms with Crippen molar-refractivity contribution in [1.29, 1.82) is 0 Å². The highest BCUT2D eigenvalue weighted by atomic mass is 16.2. The molecule has 0 aromatic heterocycles. The third kappa shape index (κ3) is 7.30. The molecule has 1 heterocycles. The molecule has 1 saturated heterocycles. The first-order chi connectivity index (χ1) is 10.2. The fourth-order valence-corrected chi connectivity index (χ4v) is 3.32. The van der Waals surface area contributed by atoms with E-state index >= 15 is 0 Å². The lowest BCUT2D eigenvalue weighted by atomic mass is 9.91. The molecule has 1 atom stereocenters. The molecule has 124 valence electrons. The van der Waals surface area contributed by atoms with Gasteiger partial charge in [0, 0.05) is 19.5 Å². The topological polar surface area (TPSA) is 46.3 Å². The molecule has 0 aromatic carbocycles. The van der Waals surface area contributed by atoms with Crippen molar-refractivity contribution in [2.24, 2.45) is 17.6 Å². The summed E-state index contributed by atoms with van der Waals surface area (Å²) in [7, 11) is 0. The first kappa shape index (κ1) is 18.5. The van der Waals surface area contributed by atoms with E-state index in [1.807, 2.05) is 0 Å². The Morgan fingerprint density at radius 3 is 2.29 bits per heavy atom. The van der Waals surface area contributed by atoms with Gasteiger partial charge in [0.2, 0.25) is 5.91 Å². The van der Waals surface area contributed by atoms with Gasteiger partial charge in [0.25, 0.3) is 0 Å². The lowest BCUT2D eigenvalue weighted by Crippen LogP contribution is -2.40. The van der Waals surface area contributed by atoms with Gasteiger partial charge in [-0.25, -0.2) is 0 Å². The van der Waals surface area contributed by atoms with Crippen LogP contribution in [-0.4, -0.2) is 30.4 Å². The second-order valence-corrected chi connectivity index (χ2v) is 6.77. The van der Waals surface area contributed by atoms with Gasteiger partial charge >= 0.3 is 0 Å². The van der Waals surface area contributed by atoms with Crippen LogP contribution in [0.3, 0.4) is 0 Å². The van der Waals surface area contributed by atoms with E-state index in [1.165, 1.54) is 44.9 Å². The smallest absolute Gasteiger partial charge is 0.222 e. The van der Waals surface area contributed by atoms with E-state index < -0.39 is 0 Å². The molecule has 21 heavy (non-hydrogen) atoms. The Bertz CT molecular complexity index is 272. The van der Waals surface area contributed by atoms with Crippen LogP contribution >= 0.6 is 0 Å². The molecule has 0 radical (unpaired) electrons. The summed E-state index contributed by atoms with van der Waals surface area (Å²) in [6.07, 6.45) is 11.8. The van der Waals surface area contributed by atoms with E-state index in [0.29, 0.717) is 17.7 Å². The molecular formula is C18H36N2O. The number of unbranched alkanes of at least 4 members (excludes halogenated alkanes) is 3. The van der Waals surface area contributed by atoms with Crippen LogP contribution in [0.5, 0.6) is 0 Å². The van der Waals surface area contributed by atoms with Crippen LogP contribution in [0.25, 0.3) is 0 Å². The molecule has 1 fully saturated rings. The van der Waals surface area contributed by atoms with Gasteiger partial charge in [-0.1, -0.05) is 46.0 Å². The van der Waals surface area contributed by atoms with Gasteiger partial charge < -0.3 is 10.6 Å². The summed E-state index contributed by atoms with van der Waals surface area (Å²) in [4.78, 5) is 14.6. The fraction of sp³-hybridized carbons (Fsp3) is 0.944. The van der Waals surface area contributed by atoms with Gasteiger partial charge in [-0.3, -0.25) is 4.79 Å². The van der Waals surface area contributed by atoms with Gasteiger partial charge in [0.1, 0.15) is 0 Å². The van der Waals surface area contributed by atoms with Crippen LogP contribution in [0.4, 0.5) is 0 Å². The minimum Gasteiger partial charge on any atom is -0.343 e. The number of carbonyl (C=O) groups is 1. The standard InChI is InChI=1S/C18H36N2O/c1-3-5-7-9-16(8-6-4-2)14-18(21)20-12-10-17(15-19)11-13-20/h16-17H,3-15,19H2,1-2H3. The van der Waals surface area contributed by atoms with Gasteiger partial charge in [-0.15, -0.1) is 0 Å². The van der Waals surface area contributed by atoms with E-state index in [2.05, 4.69) is 18.7 Å². The summed E-state index contributed by atoms with van der Waals surface area (Å²) in [6.45, 7) is 7.11. The van der Waals surface area contributed by atoms with Crippen molar-refractivity contribution in [1.82, 2.24) is 4.90 Å². The second-order valence-electron chi connectivity index (χ2n) is 6.77. The molecular weight excluding hydrogens is 260 g/mol. The molecule has 0 aromatic rings. The molecule has 2 N–H and O–H groups in total. The van der Waals surface area contributed by atoms with Crippen molar-refractivity contribution in [3.05, 3.63) is 0 Å². The number of rotatable bonds is 10. The number of hydrogen-bond donors (Lipinski definition) is 1. The zero-order valence-electron chi connectivity index (χ0n) is 14.3. The molecule has 1 aliphatic rings. The maximum atomic E-state index is 12.5. The SMILES string of the molecule is CCCCCC(CCCC)CC(=O)N1CCC(CN)CC1. The largest absolute Gasteiger partial charge is 0.343 e. The second kappa shape index (κ2) is 11.1. The van der Waals surface area contributed by atoms with Crippen LogP contribution in [0, 0.1) is 11.8 Å². The third-order valence-electron chi connectivity index (χ3n) is 4.95. The van der Waals surface area contributed by atoms with Crippen molar-refractivity contribution < 1.29 is 4.79 Å². The van der Waals surface area contributed by atoms with Gasteiger partial charge in [-0.2, -0.15) is 0 Å². The van der Waals surface area contributed by atoms with E-state index in [4.69, 9.17) is 5.73 Å². The molecule has 0 bridgehead atoms. The molecule has 0 spiro atoms. The molecule has 3 nitrogen and oxygen atoms in total. The van der Waals surface area contributed by atoms with Crippen LogP contribution in [0.1, 0.15) is 78.1 Å². The molecule has 1 amide bonds. The van der Waals surface area contributed by atoms with Crippen molar-refractivity contribution in [2.75, 3.05) is 19.6 Å². The highest BCUT2D eigenvalue weighted by Crippen LogP contribution is 2.23. The third-order valence-corrected chi connectivity index (χ3v) is 4.95. The number of hydrogen-bond acceptors (Lipinski definition) is 2. The zero-order chi connectivity index (χ0) is 15.5. The lowest BCUT2D eigenvalue weighted by molar-refractivity contribution is -0.133. The normalized spacial score (nSPS) is 18.0. The number of nitrogens with zero attached hydrogens (tertiary/aromatic N) is 1. The summed E-state index contributed by atoms with van der Waals surface area (Å²) in [5.41, 5.74) is 5.72. The first-order valence-electron chi connectivity index (χ1n) is 9.19. The number of likely N-dealkylation sites (tertiary alicyclic amines) is 1. The van der Waals surface area contributed by atoms with Crippen LogP contribution in [0.15, 0.2) is 0 Å². The minimum absolute atomic E-state index is 0.392. The summed E-state index contributed by atoms with van der Waals surface area (Å²) in [5, 5.41) is 0. The van der Waals surface area contributed by atoms with Gasteiger partial charge in [0.15, 0.2) is 0 Å². The Labute approximate surface area is 131 Å². The molecule has 1 rings (SSSR count). The predicted molar refractivity (Wildman–Crippen MR) is 90.1 cm³/mol. The Hall–Kier alpha value is -0.570. The van der Waals surface area contributed by atoms with Crippen molar-refractivity contribution in [3.8, 4) is 0 Å². The Morgan fingerprint density at radius 1 is 1.10 bits per heavy atom. The highest BCUT2D eigenvalue weighted by Gasteiger charge is 2.23. The summed E-state index contributed by atoms with van der Waals surface area (Å²) in [6, 6.07) is 0. The van der Waals surface area contributed by atoms with Gasteiger partial charge in [-0.05, 0) is 44.1 Å². The monoisotopic (exact) mass is 296 g/mol. The van der Waals surface area contributed by atoms with Crippen LogP contribution in [-0.2, 0) is 4.79 Å².